The van der Waals surface area contributed by atoms with Crippen LogP contribution in [-0.2, 0) is 9.53 Å². The first-order chi connectivity index (χ1) is 8.02. The van der Waals surface area contributed by atoms with E-state index in [2.05, 4.69) is 5.32 Å². The van der Waals surface area contributed by atoms with Crippen molar-refractivity contribution in [1.82, 2.24) is 5.32 Å². The second-order valence-corrected chi connectivity index (χ2v) is 6.55. The van der Waals surface area contributed by atoms with Gasteiger partial charge >= 0.3 is 12.1 Å². The van der Waals surface area contributed by atoms with Gasteiger partial charge in [0.1, 0.15) is 5.60 Å². The average Bonchev–Trinajstić information content (AvgIpc) is 2.12. The molecule has 0 unspecified atom stereocenters. The zero-order chi connectivity index (χ0) is 14.1. The van der Waals surface area contributed by atoms with E-state index >= 15 is 0 Å². The van der Waals surface area contributed by atoms with Crippen molar-refractivity contribution in [1.29, 1.82) is 0 Å². The van der Waals surface area contributed by atoms with Gasteiger partial charge in [-0.15, -0.1) is 0 Å². The number of carbonyl (C=O) groups excluding carboxylic acids is 1. The minimum absolute atomic E-state index is 0.0169. The van der Waals surface area contributed by atoms with E-state index in [4.69, 9.17) is 9.84 Å². The van der Waals surface area contributed by atoms with Gasteiger partial charge in [-0.3, -0.25) is 4.79 Å². The predicted molar refractivity (Wildman–Crippen MR) is 67.3 cm³/mol. The van der Waals surface area contributed by atoms with Gasteiger partial charge in [0.15, 0.2) is 0 Å². The molecule has 0 aromatic heterocycles. The minimum atomic E-state index is -0.788. The van der Waals surface area contributed by atoms with Gasteiger partial charge in [-0.1, -0.05) is 13.8 Å². The van der Waals surface area contributed by atoms with Gasteiger partial charge in [0.2, 0.25) is 0 Å². The highest BCUT2D eigenvalue weighted by atomic mass is 16.6. The maximum absolute atomic E-state index is 11.6. The van der Waals surface area contributed by atoms with Gasteiger partial charge in [0.25, 0.3) is 0 Å². The van der Waals surface area contributed by atoms with Crippen LogP contribution in [0, 0.1) is 11.3 Å². The standard InChI is InChI=1S/C13H23NO4/c1-12(2,3)18-11(17)14-9-6-8(7-10(15)16)13(9,4)5/h8-9H,6-7H2,1-5H3,(H,14,17)(H,15,16)/t8-,9-/m0/s1. The first-order valence-corrected chi connectivity index (χ1v) is 6.23. The van der Waals surface area contributed by atoms with Crippen molar-refractivity contribution in [2.75, 3.05) is 0 Å². The van der Waals surface area contributed by atoms with E-state index in [0.29, 0.717) is 6.42 Å². The number of alkyl carbamates (subject to hydrolysis) is 1. The number of aliphatic carboxylic acids is 1. The number of nitrogens with one attached hydrogen (secondary N) is 1. The fourth-order valence-corrected chi connectivity index (χ4v) is 2.27. The van der Waals surface area contributed by atoms with Gasteiger partial charge in [-0.2, -0.15) is 0 Å². The van der Waals surface area contributed by atoms with Crippen molar-refractivity contribution in [3.8, 4) is 0 Å². The zero-order valence-corrected chi connectivity index (χ0v) is 11.7. The molecule has 0 radical (unpaired) electrons. The lowest BCUT2D eigenvalue weighted by molar-refractivity contribution is -0.141. The second-order valence-electron chi connectivity index (χ2n) is 6.55. The second kappa shape index (κ2) is 4.78. The monoisotopic (exact) mass is 257 g/mol. The van der Waals surface area contributed by atoms with E-state index in [-0.39, 0.29) is 23.8 Å². The third kappa shape index (κ3) is 3.62. The largest absolute Gasteiger partial charge is 0.481 e. The highest BCUT2D eigenvalue weighted by molar-refractivity contribution is 5.69. The molecule has 0 heterocycles. The Morgan fingerprint density at radius 1 is 1.39 bits per heavy atom. The van der Waals surface area contributed by atoms with Crippen molar-refractivity contribution in [3.05, 3.63) is 0 Å². The normalized spacial score (nSPS) is 26.1. The molecule has 18 heavy (non-hydrogen) atoms. The Hall–Kier alpha value is -1.26. The summed E-state index contributed by atoms with van der Waals surface area (Å²) in [5, 5.41) is 11.6. The molecule has 1 saturated carbocycles. The Kier molecular flexibility index (Phi) is 3.93. The Balaban J connectivity index is 2.47. The maximum Gasteiger partial charge on any atom is 0.407 e. The van der Waals surface area contributed by atoms with Crippen molar-refractivity contribution in [2.45, 2.75) is 59.1 Å². The number of carboxylic acid groups (broad SMARTS) is 1. The van der Waals surface area contributed by atoms with E-state index in [9.17, 15) is 9.59 Å². The molecule has 0 aromatic carbocycles. The minimum Gasteiger partial charge on any atom is -0.481 e. The molecule has 0 aliphatic heterocycles. The molecular weight excluding hydrogens is 234 g/mol. The Morgan fingerprint density at radius 2 is 1.94 bits per heavy atom. The van der Waals surface area contributed by atoms with Crippen LogP contribution < -0.4 is 5.32 Å². The van der Waals surface area contributed by atoms with E-state index in [1.807, 2.05) is 34.6 Å². The van der Waals surface area contributed by atoms with E-state index in [1.165, 1.54) is 0 Å². The Labute approximate surface area is 108 Å². The molecule has 1 aliphatic carbocycles. The van der Waals surface area contributed by atoms with Crippen molar-refractivity contribution in [2.24, 2.45) is 11.3 Å². The number of ether oxygens (including phenoxy) is 1. The summed E-state index contributed by atoms with van der Waals surface area (Å²) in [6, 6.07) is -0.0169. The van der Waals surface area contributed by atoms with Gasteiger partial charge in [-0.05, 0) is 38.5 Å². The lowest BCUT2D eigenvalue weighted by atomic mass is 9.57. The SMILES string of the molecule is CC(C)(C)OC(=O)N[C@H]1C[C@@H](CC(=O)O)C1(C)C. The molecular formula is C13H23NO4. The van der Waals surface area contributed by atoms with Crippen LogP contribution in [0.1, 0.15) is 47.5 Å². The average molecular weight is 257 g/mol. The summed E-state index contributed by atoms with van der Waals surface area (Å²) in [7, 11) is 0. The number of hydrogen-bond acceptors (Lipinski definition) is 3. The van der Waals surface area contributed by atoms with Crippen LogP contribution in [-0.4, -0.2) is 28.8 Å². The lowest BCUT2D eigenvalue weighted by Gasteiger charge is -2.51. The molecule has 5 nitrogen and oxygen atoms in total. The lowest BCUT2D eigenvalue weighted by Crippen LogP contribution is -2.59. The fourth-order valence-electron chi connectivity index (χ4n) is 2.27. The van der Waals surface area contributed by atoms with E-state index in [0.717, 1.165) is 0 Å². The molecule has 5 heteroatoms. The molecule has 104 valence electrons. The molecule has 0 spiro atoms. The quantitative estimate of drug-likeness (QED) is 0.814. The summed E-state index contributed by atoms with van der Waals surface area (Å²) in [5.74, 6) is -0.682. The maximum atomic E-state index is 11.6. The molecule has 0 saturated heterocycles. The zero-order valence-electron chi connectivity index (χ0n) is 11.7. The summed E-state index contributed by atoms with van der Waals surface area (Å²) in [6.45, 7) is 9.39. The third-order valence-electron chi connectivity index (χ3n) is 3.58. The van der Waals surface area contributed by atoms with Crippen LogP contribution in [0.2, 0.25) is 0 Å². The van der Waals surface area contributed by atoms with Crippen LogP contribution in [0.25, 0.3) is 0 Å². The van der Waals surface area contributed by atoms with Crippen molar-refractivity contribution < 1.29 is 19.4 Å². The summed E-state index contributed by atoms with van der Waals surface area (Å²) in [5.41, 5.74) is -0.715. The summed E-state index contributed by atoms with van der Waals surface area (Å²) >= 11 is 0. The van der Waals surface area contributed by atoms with Crippen LogP contribution in [0.5, 0.6) is 0 Å². The third-order valence-corrected chi connectivity index (χ3v) is 3.58. The van der Waals surface area contributed by atoms with Crippen LogP contribution in [0.3, 0.4) is 0 Å². The summed E-state index contributed by atoms with van der Waals surface area (Å²) < 4.78 is 5.19. The molecule has 1 aliphatic rings. The number of carbonyl (C=O) groups is 2. The molecule has 1 rings (SSSR count). The van der Waals surface area contributed by atoms with Crippen LogP contribution >= 0.6 is 0 Å². The molecule has 1 amide bonds. The smallest absolute Gasteiger partial charge is 0.407 e. The van der Waals surface area contributed by atoms with Gasteiger partial charge in [-0.25, -0.2) is 4.79 Å². The van der Waals surface area contributed by atoms with E-state index in [1.54, 1.807) is 0 Å². The van der Waals surface area contributed by atoms with Crippen LogP contribution in [0.15, 0.2) is 0 Å². The molecule has 2 atom stereocenters. The first-order valence-electron chi connectivity index (χ1n) is 6.23. The summed E-state index contributed by atoms with van der Waals surface area (Å²) in [4.78, 5) is 22.3. The predicted octanol–water partition coefficient (Wildman–Crippen LogP) is 2.40. The highest BCUT2D eigenvalue weighted by Crippen LogP contribution is 2.48. The number of hydrogen-bond donors (Lipinski definition) is 2. The van der Waals surface area contributed by atoms with E-state index < -0.39 is 17.7 Å². The Bertz CT molecular complexity index is 343. The Morgan fingerprint density at radius 3 is 2.33 bits per heavy atom. The molecule has 1 fully saturated rings. The van der Waals surface area contributed by atoms with Crippen molar-refractivity contribution in [3.63, 3.8) is 0 Å². The summed E-state index contributed by atoms with van der Waals surface area (Å²) in [6.07, 6.45) is 0.409. The number of carboxylic acids is 1. The fraction of sp³-hybridized carbons (Fsp3) is 0.846. The van der Waals surface area contributed by atoms with Gasteiger partial charge in [0.05, 0.1) is 0 Å². The first kappa shape index (κ1) is 14.8. The van der Waals surface area contributed by atoms with Crippen LogP contribution in [0.4, 0.5) is 4.79 Å². The number of rotatable bonds is 3. The van der Waals surface area contributed by atoms with Crippen molar-refractivity contribution >= 4 is 12.1 Å². The highest BCUT2D eigenvalue weighted by Gasteiger charge is 2.49. The van der Waals surface area contributed by atoms with Gasteiger partial charge < -0.3 is 15.2 Å². The molecule has 0 bridgehead atoms. The number of amides is 1. The molecule has 0 aromatic rings. The molecule has 2 N–H and O–H groups in total. The van der Waals surface area contributed by atoms with Gasteiger partial charge in [0, 0.05) is 12.5 Å². The topological polar surface area (TPSA) is 75.6 Å².